The van der Waals surface area contributed by atoms with Gasteiger partial charge in [-0.1, -0.05) is 59.3 Å². The molecule has 0 radical (unpaired) electrons. The smallest absolute Gasteiger partial charge is 0.235 e. The van der Waals surface area contributed by atoms with Crippen LogP contribution < -0.4 is 0 Å². The topological polar surface area (TPSA) is 51.0 Å². The molecule has 1 aliphatic heterocycles. The summed E-state index contributed by atoms with van der Waals surface area (Å²) < 4.78 is 2.06. The van der Waals surface area contributed by atoms with Crippen LogP contribution >= 0.6 is 11.8 Å². The van der Waals surface area contributed by atoms with Crippen molar-refractivity contribution in [3.63, 3.8) is 0 Å². The molecule has 4 rings (SSSR count). The van der Waals surface area contributed by atoms with Crippen molar-refractivity contribution in [2.24, 2.45) is 0 Å². The van der Waals surface area contributed by atoms with E-state index in [1.165, 1.54) is 22.9 Å². The predicted octanol–water partition coefficient (Wildman–Crippen LogP) is 4.65. The van der Waals surface area contributed by atoms with Crippen LogP contribution in [0.1, 0.15) is 30.9 Å². The van der Waals surface area contributed by atoms with E-state index < -0.39 is 0 Å². The average molecular weight is 407 g/mol. The molecule has 1 fully saturated rings. The van der Waals surface area contributed by atoms with Gasteiger partial charge in [0.25, 0.3) is 0 Å². The van der Waals surface area contributed by atoms with Gasteiger partial charge in [-0.3, -0.25) is 9.36 Å². The molecule has 1 atom stereocenters. The zero-order valence-electron chi connectivity index (χ0n) is 17.1. The van der Waals surface area contributed by atoms with Gasteiger partial charge in [0.2, 0.25) is 5.91 Å². The molecule has 1 aliphatic rings. The zero-order chi connectivity index (χ0) is 20.4. The normalized spacial score (nSPS) is 14.9. The van der Waals surface area contributed by atoms with Gasteiger partial charge in [0, 0.05) is 24.3 Å². The number of aromatic nitrogens is 3. The highest BCUT2D eigenvalue weighted by atomic mass is 32.2. The van der Waals surface area contributed by atoms with Gasteiger partial charge in [-0.25, -0.2) is 0 Å². The first-order valence-corrected chi connectivity index (χ1v) is 11.0. The largest absolute Gasteiger partial charge is 0.342 e. The second-order valence-corrected chi connectivity index (χ2v) is 8.94. The lowest BCUT2D eigenvalue weighted by Gasteiger charge is -2.20. The predicted molar refractivity (Wildman–Crippen MR) is 117 cm³/mol. The summed E-state index contributed by atoms with van der Waals surface area (Å²) >= 11 is 1.48. The molecule has 29 heavy (non-hydrogen) atoms. The SMILES string of the molecule is Cc1ccc(-c2nnc(S[C@@H](C)C(=O)N3CCCC3)n2-c2ccc(C)cc2)cc1. The molecule has 5 nitrogen and oxygen atoms in total. The van der Waals surface area contributed by atoms with Crippen LogP contribution in [-0.2, 0) is 4.79 Å². The number of carbonyl (C=O) groups is 1. The zero-order valence-corrected chi connectivity index (χ0v) is 17.9. The standard InChI is InChI=1S/C23H26N4OS/c1-16-6-10-19(11-7-16)21-24-25-23(27(21)20-12-8-17(2)9-13-20)29-18(3)22(28)26-14-4-5-15-26/h6-13,18H,4-5,14-15H2,1-3H3/t18-/m0/s1. The average Bonchev–Trinajstić information content (AvgIpc) is 3.39. The monoisotopic (exact) mass is 406 g/mol. The first-order chi connectivity index (χ1) is 14.0. The van der Waals surface area contributed by atoms with Crippen LogP contribution in [0.2, 0.25) is 0 Å². The summed E-state index contributed by atoms with van der Waals surface area (Å²) in [6.45, 7) is 7.84. The highest BCUT2D eigenvalue weighted by Crippen LogP contribution is 2.31. The molecule has 3 aromatic rings. The molecule has 1 aromatic heterocycles. The Labute approximate surface area is 176 Å². The van der Waals surface area contributed by atoms with Crippen LogP contribution in [0, 0.1) is 13.8 Å². The van der Waals surface area contributed by atoms with Crippen LogP contribution in [0.15, 0.2) is 53.7 Å². The number of thioether (sulfide) groups is 1. The van der Waals surface area contributed by atoms with Gasteiger partial charge in [-0.15, -0.1) is 10.2 Å². The number of hydrogen-bond acceptors (Lipinski definition) is 4. The Kier molecular flexibility index (Phi) is 5.72. The van der Waals surface area contributed by atoms with E-state index in [9.17, 15) is 4.79 Å². The molecular weight excluding hydrogens is 380 g/mol. The quantitative estimate of drug-likeness (QED) is 0.579. The molecule has 1 amide bonds. The Bertz CT molecular complexity index is 989. The van der Waals surface area contributed by atoms with Crippen LogP contribution in [0.25, 0.3) is 17.1 Å². The number of carbonyl (C=O) groups excluding carboxylic acids is 1. The van der Waals surface area contributed by atoms with E-state index in [4.69, 9.17) is 0 Å². The lowest BCUT2D eigenvalue weighted by molar-refractivity contribution is -0.129. The lowest BCUT2D eigenvalue weighted by Crippen LogP contribution is -2.34. The van der Waals surface area contributed by atoms with E-state index in [2.05, 4.69) is 77.1 Å². The first-order valence-electron chi connectivity index (χ1n) is 10.1. The van der Waals surface area contributed by atoms with Gasteiger partial charge in [-0.05, 0) is 45.7 Å². The van der Waals surface area contributed by atoms with Crippen molar-refractivity contribution in [3.8, 4) is 17.1 Å². The number of aryl methyl sites for hydroxylation is 2. The van der Waals surface area contributed by atoms with Crippen molar-refractivity contribution in [1.29, 1.82) is 0 Å². The van der Waals surface area contributed by atoms with E-state index in [0.29, 0.717) is 0 Å². The van der Waals surface area contributed by atoms with E-state index in [1.807, 2.05) is 11.8 Å². The molecule has 0 N–H and O–H groups in total. The minimum Gasteiger partial charge on any atom is -0.342 e. The number of likely N-dealkylation sites (tertiary alicyclic amines) is 1. The Morgan fingerprint density at radius 2 is 1.52 bits per heavy atom. The van der Waals surface area contributed by atoms with Gasteiger partial charge in [0.1, 0.15) is 0 Å². The van der Waals surface area contributed by atoms with Crippen molar-refractivity contribution in [2.75, 3.05) is 13.1 Å². The molecule has 0 bridgehead atoms. The lowest BCUT2D eigenvalue weighted by atomic mass is 10.1. The Morgan fingerprint density at radius 1 is 0.931 bits per heavy atom. The Morgan fingerprint density at radius 3 is 2.14 bits per heavy atom. The molecule has 0 saturated carbocycles. The highest BCUT2D eigenvalue weighted by Gasteiger charge is 2.26. The van der Waals surface area contributed by atoms with Gasteiger partial charge >= 0.3 is 0 Å². The Hall–Kier alpha value is -2.60. The summed E-state index contributed by atoms with van der Waals surface area (Å²) in [5.41, 5.74) is 4.41. The van der Waals surface area contributed by atoms with E-state index in [-0.39, 0.29) is 11.2 Å². The van der Waals surface area contributed by atoms with Crippen molar-refractivity contribution in [1.82, 2.24) is 19.7 Å². The maximum atomic E-state index is 12.8. The molecule has 0 aliphatic carbocycles. The van der Waals surface area contributed by atoms with Gasteiger partial charge in [0.05, 0.1) is 5.25 Å². The molecule has 2 aromatic carbocycles. The third-order valence-corrected chi connectivity index (χ3v) is 6.31. The summed E-state index contributed by atoms with van der Waals surface area (Å²) in [7, 11) is 0. The molecule has 2 heterocycles. The molecular formula is C23H26N4OS. The van der Waals surface area contributed by atoms with Crippen LogP contribution in [0.3, 0.4) is 0 Å². The van der Waals surface area contributed by atoms with Crippen molar-refractivity contribution in [3.05, 3.63) is 59.7 Å². The number of amides is 1. The maximum Gasteiger partial charge on any atom is 0.235 e. The molecule has 1 saturated heterocycles. The molecule has 0 unspecified atom stereocenters. The fourth-order valence-electron chi connectivity index (χ4n) is 3.57. The summed E-state index contributed by atoms with van der Waals surface area (Å²) in [5.74, 6) is 0.972. The van der Waals surface area contributed by atoms with Crippen molar-refractivity contribution >= 4 is 17.7 Å². The van der Waals surface area contributed by atoms with Gasteiger partial charge in [0.15, 0.2) is 11.0 Å². The number of hydrogen-bond donors (Lipinski definition) is 0. The third-order valence-electron chi connectivity index (χ3n) is 5.28. The summed E-state index contributed by atoms with van der Waals surface area (Å²) in [6.07, 6.45) is 2.19. The molecule has 0 spiro atoms. The number of nitrogens with zero attached hydrogens (tertiary/aromatic N) is 4. The summed E-state index contributed by atoms with van der Waals surface area (Å²) in [6, 6.07) is 16.6. The van der Waals surface area contributed by atoms with Gasteiger partial charge < -0.3 is 4.90 Å². The van der Waals surface area contributed by atoms with Crippen molar-refractivity contribution < 1.29 is 4.79 Å². The number of rotatable bonds is 5. The molecule has 6 heteroatoms. The minimum absolute atomic E-state index is 0.183. The van der Waals surface area contributed by atoms with Crippen LogP contribution in [0.5, 0.6) is 0 Å². The Balaban J connectivity index is 1.70. The summed E-state index contributed by atoms with van der Waals surface area (Å²) in [4.78, 5) is 14.8. The van der Waals surface area contributed by atoms with E-state index >= 15 is 0 Å². The fraction of sp³-hybridized carbons (Fsp3) is 0.348. The fourth-order valence-corrected chi connectivity index (χ4v) is 4.52. The number of benzene rings is 2. The van der Waals surface area contributed by atoms with Crippen molar-refractivity contribution in [2.45, 2.75) is 44.0 Å². The minimum atomic E-state index is -0.202. The van der Waals surface area contributed by atoms with Crippen LogP contribution in [0.4, 0.5) is 0 Å². The molecule has 150 valence electrons. The van der Waals surface area contributed by atoms with E-state index in [1.54, 1.807) is 0 Å². The maximum absolute atomic E-state index is 12.8. The van der Waals surface area contributed by atoms with E-state index in [0.717, 1.165) is 48.2 Å². The highest BCUT2D eigenvalue weighted by molar-refractivity contribution is 8.00. The third kappa shape index (κ3) is 4.22. The van der Waals surface area contributed by atoms with Gasteiger partial charge in [-0.2, -0.15) is 0 Å². The summed E-state index contributed by atoms with van der Waals surface area (Å²) in [5, 5.41) is 9.50. The first kappa shape index (κ1) is 19.7. The second kappa shape index (κ2) is 8.41. The van der Waals surface area contributed by atoms with Crippen LogP contribution in [-0.4, -0.2) is 43.9 Å². The second-order valence-electron chi connectivity index (χ2n) is 7.64.